The van der Waals surface area contributed by atoms with Crippen LogP contribution in [0.3, 0.4) is 0 Å². The summed E-state index contributed by atoms with van der Waals surface area (Å²) >= 11 is 0. The zero-order chi connectivity index (χ0) is 43.1. The van der Waals surface area contributed by atoms with E-state index in [0.29, 0.717) is 19.3 Å². The van der Waals surface area contributed by atoms with Gasteiger partial charge in [0.2, 0.25) is 5.91 Å². The molecule has 0 rings (SSSR count). The molecule has 6 nitrogen and oxygen atoms in total. The van der Waals surface area contributed by atoms with Gasteiger partial charge in [0, 0.05) is 6.42 Å². The molecular formula is C53H99NO5. The summed E-state index contributed by atoms with van der Waals surface area (Å²) in [6.07, 6.45) is 54.9. The molecule has 1 amide bonds. The number of allylic oxidation sites excluding steroid dienone is 6. The Balaban J connectivity index is 4.51. The molecule has 0 heterocycles. The van der Waals surface area contributed by atoms with Gasteiger partial charge < -0.3 is 20.3 Å². The standard InChI is InChI=1S/C53H99NO5/c1-4-7-10-13-16-19-22-23-24-25-26-27-28-29-31-34-37-40-43-46-53(58)59-49(44-41-38-35-32-30-20-17-14-11-8-5-2)47-52(57)54-50(48-55)51(56)45-42-39-36-33-21-18-15-12-9-6-3/h16,19,23-24,26-27,49-51,55-56H,4-15,17-18,20-22,25,28-48H2,1-3H3,(H,54,57)/b19-16-,24-23-,27-26-. The smallest absolute Gasteiger partial charge is 0.306 e. The van der Waals surface area contributed by atoms with Gasteiger partial charge in [0.1, 0.15) is 6.10 Å². The van der Waals surface area contributed by atoms with Gasteiger partial charge in [-0.3, -0.25) is 9.59 Å². The van der Waals surface area contributed by atoms with Gasteiger partial charge in [-0.1, -0.05) is 224 Å². The zero-order valence-corrected chi connectivity index (χ0v) is 39.4. The van der Waals surface area contributed by atoms with Gasteiger partial charge in [0.15, 0.2) is 0 Å². The van der Waals surface area contributed by atoms with E-state index >= 15 is 0 Å². The van der Waals surface area contributed by atoms with E-state index in [1.54, 1.807) is 0 Å². The maximum Gasteiger partial charge on any atom is 0.306 e. The Morgan fingerprint density at radius 2 is 0.864 bits per heavy atom. The van der Waals surface area contributed by atoms with E-state index in [1.807, 2.05) is 0 Å². The molecule has 0 aliphatic rings. The highest BCUT2D eigenvalue weighted by Crippen LogP contribution is 2.18. The monoisotopic (exact) mass is 830 g/mol. The molecular weight excluding hydrogens is 731 g/mol. The summed E-state index contributed by atoms with van der Waals surface area (Å²) in [5.41, 5.74) is 0. The number of carbonyl (C=O) groups excluding carboxylic acids is 2. The summed E-state index contributed by atoms with van der Waals surface area (Å²) in [5, 5.41) is 23.7. The Morgan fingerprint density at radius 1 is 0.492 bits per heavy atom. The molecule has 0 aromatic carbocycles. The van der Waals surface area contributed by atoms with E-state index in [1.165, 1.54) is 148 Å². The van der Waals surface area contributed by atoms with Crippen molar-refractivity contribution in [2.75, 3.05) is 6.61 Å². The SMILES string of the molecule is CCCCC/C=C\C/C=C\C/C=C\CCCCCCCCC(=O)OC(CCCCCCCCCCCCC)CC(=O)NC(CO)C(O)CCCCCCCCCCCC. The van der Waals surface area contributed by atoms with E-state index < -0.39 is 18.2 Å². The fourth-order valence-electron chi connectivity index (χ4n) is 7.79. The number of nitrogens with one attached hydrogen (secondary N) is 1. The van der Waals surface area contributed by atoms with Crippen LogP contribution < -0.4 is 5.32 Å². The summed E-state index contributed by atoms with van der Waals surface area (Å²) in [7, 11) is 0. The van der Waals surface area contributed by atoms with E-state index in [2.05, 4.69) is 62.5 Å². The molecule has 346 valence electrons. The van der Waals surface area contributed by atoms with E-state index in [9.17, 15) is 19.8 Å². The van der Waals surface area contributed by atoms with Crippen LogP contribution in [0.4, 0.5) is 0 Å². The van der Waals surface area contributed by atoms with Crippen LogP contribution in [0.1, 0.15) is 265 Å². The maximum absolute atomic E-state index is 13.2. The predicted molar refractivity (Wildman–Crippen MR) is 255 cm³/mol. The molecule has 0 saturated heterocycles. The van der Waals surface area contributed by atoms with Crippen molar-refractivity contribution in [1.29, 1.82) is 0 Å². The van der Waals surface area contributed by atoms with E-state index in [4.69, 9.17) is 4.74 Å². The average molecular weight is 830 g/mol. The predicted octanol–water partition coefficient (Wildman–Crippen LogP) is 15.3. The Hall–Kier alpha value is -1.92. The van der Waals surface area contributed by atoms with Crippen molar-refractivity contribution in [2.24, 2.45) is 0 Å². The first-order valence-corrected chi connectivity index (χ1v) is 25.7. The van der Waals surface area contributed by atoms with Crippen molar-refractivity contribution in [3.8, 4) is 0 Å². The number of aliphatic hydroxyl groups excluding tert-OH is 2. The molecule has 0 bridgehead atoms. The lowest BCUT2D eigenvalue weighted by Crippen LogP contribution is -2.46. The lowest BCUT2D eigenvalue weighted by molar-refractivity contribution is -0.151. The summed E-state index contributed by atoms with van der Waals surface area (Å²) in [4.78, 5) is 26.1. The van der Waals surface area contributed by atoms with Crippen molar-refractivity contribution in [3.05, 3.63) is 36.5 Å². The number of esters is 1. The molecule has 0 fully saturated rings. The molecule has 0 spiro atoms. The van der Waals surface area contributed by atoms with Gasteiger partial charge in [-0.15, -0.1) is 0 Å². The highest BCUT2D eigenvalue weighted by atomic mass is 16.5. The van der Waals surface area contributed by atoms with Crippen molar-refractivity contribution in [3.63, 3.8) is 0 Å². The molecule has 3 N–H and O–H groups in total. The minimum atomic E-state index is -0.785. The van der Waals surface area contributed by atoms with Crippen LogP contribution in [0.25, 0.3) is 0 Å². The highest BCUT2D eigenvalue weighted by Gasteiger charge is 2.24. The van der Waals surface area contributed by atoms with Gasteiger partial charge in [-0.05, 0) is 64.2 Å². The molecule has 3 unspecified atom stereocenters. The number of rotatable bonds is 46. The Bertz CT molecular complexity index is 977. The van der Waals surface area contributed by atoms with Crippen LogP contribution in [0.5, 0.6) is 0 Å². The average Bonchev–Trinajstić information content (AvgIpc) is 3.23. The molecule has 0 aliphatic carbocycles. The third kappa shape index (κ3) is 42.6. The second kappa shape index (κ2) is 47.1. The lowest BCUT2D eigenvalue weighted by Gasteiger charge is -2.24. The van der Waals surface area contributed by atoms with Gasteiger partial charge in [0.05, 0.1) is 25.2 Å². The first-order chi connectivity index (χ1) is 29.0. The topological polar surface area (TPSA) is 95.9 Å². The van der Waals surface area contributed by atoms with Gasteiger partial charge in [-0.2, -0.15) is 0 Å². The number of hydrogen-bond donors (Lipinski definition) is 3. The van der Waals surface area contributed by atoms with Crippen LogP contribution in [0.15, 0.2) is 36.5 Å². The van der Waals surface area contributed by atoms with Gasteiger partial charge in [-0.25, -0.2) is 0 Å². The highest BCUT2D eigenvalue weighted by molar-refractivity contribution is 5.77. The first kappa shape index (κ1) is 57.1. The molecule has 0 saturated carbocycles. The van der Waals surface area contributed by atoms with Crippen molar-refractivity contribution in [1.82, 2.24) is 5.32 Å². The van der Waals surface area contributed by atoms with Gasteiger partial charge >= 0.3 is 5.97 Å². The molecule has 0 aromatic heterocycles. The van der Waals surface area contributed by atoms with Gasteiger partial charge in [0.25, 0.3) is 0 Å². The molecule has 0 aliphatic heterocycles. The second-order valence-electron chi connectivity index (χ2n) is 17.6. The van der Waals surface area contributed by atoms with Crippen molar-refractivity contribution in [2.45, 2.75) is 283 Å². The Kier molecular flexibility index (Phi) is 45.6. The number of hydrogen-bond acceptors (Lipinski definition) is 5. The normalized spacial score (nSPS) is 13.5. The second-order valence-corrected chi connectivity index (χ2v) is 17.6. The van der Waals surface area contributed by atoms with Crippen LogP contribution in [-0.2, 0) is 14.3 Å². The van der Waals surface area contributed by atoms with Crippen molar-refractivity contribution >= 4 is 11.9 Å². The summed E-state index contributed by atoms with van der Waals surface area (Å²) in [6, 6.07) is -0.699. The summed E-state index contributed by atoms with van der Waals surface area (Å²) in [5.74, 6) is -0.480. The zero-order valence-electron chi connectivity index (χ0n) is 39.4. The van der Waals surface area contributed by atoms with E-state index in [0.717, 1.165) is 70.6 Å². The van der Waals surface area contributed by atoms with Crippen LogP contribution in [0.2, 0.25) is 0 Å². The summed E-state index contributed by atoms with van der Waals surface area (Å²) in [6.45, 7) is 6.44. The van der Waals surface area contributed by atoms with Crippen molar-refractivity contribution < 1.29 is 24.5 Å². The molecule has 0 radical (unpaired) electrons. The fourth-order valence-corrected chi connectivity index (χ4v) is 7.79. The molecule has 0 aromatic rings. The number of unbranched alkanes of at least 4 members (excludes halogenated alkanes) is 28. The van der Waals surface area contributed by atoms with Crippen LogP contribution >= 0.6 is 0 Å². The van der Waals surface area contributed by atoms with Crippen LogP contribution in [-0.4, -0.2) is 46.9 Å². The largest absolute Gasteiger partial charge is 0.462 e. The maximum atomic E-state index is 13.2. The third-order valence-corrected chi connectivity index (χ3v) is 11.7. The Morgan fingerprint density at radius 3 is 1.34 bits per heavy atom. The number of aliphatic hydroxyl groups is 2. The first-order valence-electron chi connectivity index (χ1n) is 25.7. The molecule has 3 atom stereocenters. The number of ether oxygens (including phenoxy) is 1. The minimum Gasteiger partial charge on any atom is -0.462 e. The molecule has 6 heteroatoms. The quantitative estimate of drug-likeness (QED) is 0.0323. The lowest BCUT2D eigenvalue weighted by atomic mass is 10.0. The fraction of sp³-hybridized carbons (Fsp3) is 0.849. The number of carbonyl (C=O) groups is 2. The Labute approximate surface area is 366 Å². The van der Waals surface area contributed by atoms with E-state index in [-0.39, 0.29) is 24.9 Å². The van der Waals surface area contributed by atoms with Crippen LogP contribution in [0, 0.1) is 0 Å². The minimum absolute atomic E-state index is 0.0756. The molecule has 59 heavy (non-hydrogen) atoms. The number of amides is 1. The third-order valence-electron chi connectivity index (χ3n) is 11.7. The summed E-state index contributed by atoms with van der Waals surface area (Å²) < 4.78 is 5.92.